The van der Waals surface area contributed by atoms with Gasteiger partial charge in [0.2, 0.25) is 0 Å². The summed E-state index contributed by atoms with van der Waals surface area (Å²) < 4.78 is 1.07. The van der Waals surface area contributed by atoms with Gasteiger partial charge in [-0.2, -0.15) is 0 Å². The predicted molar refractivity (Wildman–Crippen MR) is 85.6 cm³/mol. The van der Waals surface area contributed by atoms with E-state index in [1.807, 2.05) is 33.0 Å². The van der Waals surface area contributed by atoms with E-state index >= 15 is 0 Å². The first-order valence-electron chi connectivity index (χ1n) is 6.28. The highest BCUT2D eigenvalue weighted by Gasteiger charge is 2.12. The lowest BCUT2D eigenvalue weighted by Gasteiger charge is -2.22. The number of hydrogen-bond acceptors (Lipinski definition) is 5. The SMILES string of the molecule is Cc1nc(NN)c(C)c(N(C)Cc2cccc(Br)c2)n1. The minimum atomic E-state index is 0.661. The van der Waals surface area contributed by atoms with Crippen LogP contribution in [0.3, 0.4) is 0 Å². The second-order valence-electron chi connectivity index (χ2n) is 4.70. The van der Waals surface area contributed by atoms with Gasteiger partial charge >= 0.3 is 0 Å². The largest absolute Gasteiger partial charge is 0.355 e. The van der Waals surface area contributed by atoms with Gasteiger partial charge in [0, 0.05) is 23.6 Å². The van der Waals surface area contributed by atoms with Crippen molar-refractivity contribution in [2.45, 2.75) is 20.4 Å². The van der Waals surface area contributed by atoms with Gasteiger partial charge < -0.3 is 10.3 Å². The lowest BCUT2D eigenvalue weighted by Crippen LogP contribution is -2.21. The molecule has 0 aliphatic rings. The minimum Gasteiger partial charge on any atom is -0.355 e. The minimum absolute atomic E-state index is 0.661. The van der Waals surface area contributed by atoms with Gasteiger partial charge in [0.05, 0.1) is 0 Å². The molecular formula is C14H18BrN5. The van der Waals surface area contributed by atoms with Crippen molar-refractivity contribution < 1.29 is 0 Å². The Kier molecular flexibility index (Phi) is 4.57. The van der Waals surface area contributed by atoms with E-state index in [4.69, 9.17) is 5.84 Å². The van der Waals surface area contributed by atoms with E-state index < -0.39 is 0 Å². The van der Waals surface area contributed by atoms with Crippen LogP contribution in [0.2, 0.25) is 0 Å². The monoisotopic (exact) mass is 335 g/mol. The number of nitrogens with zero attached hydrogens (tertiary/aromatic N) is 3. The molecular weight excluding hydrogens is 318 g/mol. The summed E-state index contributed by atoms with van der Waals surface area (Å²) in [6, 6.07) is 8.23. The normalized spacial score (nSPS) is 10.4. The highest BCUT2D eigenvalue weighted by molar-refractivity contribution is 9.10. The van der Waals surface area contributed by atoms with Crippen LogP contribution in [0.4, 0.5) is 11.6 Å². The van der Waals surface area contributed by atoms with Gasteiger partial charge in [0.25, 0.3) is 0 Å². The van der Waals surface area contributed by atoms with E-state index in [1.165, 1.54) is 5.56 Å². The molecule has 0 saturated carbocycles. The topological polar surface area (TPSA) is 67.1 Å². The molecule has 20 heavy (non-hydrogen) atoms. The van der Waals surface area contributed by atoms with Crippen molar-refractivity contribution in [3.05, 3.63) is 45.7 Å². The van der Waals surface area contributed by atoms with E-state index in [2.05, 4.69) is 48.4 Å². The third-order valence-corrected chi connectivity index (χ3v) is 3.53. The maximum absolute atomic E-state index is 5.50. The number of benzene rings is 1. The lowest BCUT2D eigenvalue weighted by molar-refractivity contribution is 0.869. The molecule has 0 spiro atoms. The smallest absolute Gasteiger partial charge is 0.148 e. The fraction of sp³-hybridized carbons (Fsp3) is 0.286. The average Bonchev–Trinajstić information content (AvgIpc) is 2.40. The molecule has 2 rings (SSSR count). The van der Waals surface area contributed by atoms with E-state index in [0.717, 1.165) is 22.4 Å². The second kappa shape index (κ2) is 6.19. The fourth-order valence-corrected chi connectivity index (χ4v) is 2.56. The van der Waals surface area contributed by atoms with Crippen LogP contribution < -0.4 is 16.2 Å². The van der Waals surface area contributed by atoms with Crippen molar-refractivity contribution in [1.82, 2.24) is 9.97 Å². The molecule has 5 nitrogen and oxygen atoms in total. The number of rotatable bonds is 4. The number of nitrogens with one attached hydrogen (secondary N) is 1. The fourth-order valence-electron chi connectivity index (χ4n) is 2.11. The van der Waals surface area contributed by atoms with Gasteiger partial charge in [0.15, 0.2) is 0 Å². The van der Waals surface area contributed by atoms with Crippen LogP contribution in [-0.2, 0) is 6.54 Å². The summed E-state index contributed by atoms with van der Waals surface area (Å²) in [5.41, 5.74) is 4.77. The molecule has 0 saturated heterocycles. The maximum atomic E-state index is 5.50. The second-order valence-corrected chi connectivity index (χ2v) is 5.61. The summed E-state index contributed by atoms with van der Waals surface area (Å²) in [7, 11) is 2.01. The number of aromatic nitrogens is 2. The van der Waals surface area contributed by atoms with E-state index in [1.54, 1.807) is 0 Å². The molecule has 6 heteroatoms. The quantitative estimate of drug-likeness (QED) is 0.664. The Bertz CT molecular complexity index is 615. The van der Waals surface area contributed by atoms with Gasteiger partial charge in [-0.1, -0.05) is 28.1 Å². The first kappa shape index (κ1) is 14.7. The van der Waals surface area contributed by atoms with Gasteiger partial charge in [-0.3, -0.25) is 0 Å². The number of anilines is 2. The lowest BCUT2D eigenvalue weighted by atomic mass is 10.2. The zero-order valence-electron chi connectivity index (χ0n) is 11.8. The average molecular weight is 336 g/mol. The van der Waals surface area contributed by atoms with Gasteiger partial charge in [-0.15, -0.1) is 0 Å². The van der Waals surface area contributed by atoms with Crippen LogP contribution in [0.1, 0.15) is 17.0 Å². The number of nitrogen functional groups attached to an aromatic ring is 1. The third kappa shape index (κ3) is 3.26. The zero-order chi connectivity index (χ0) is 14.7. The molecule has 1 heterocycles. The Hall–Kier alpha value is -1.66. The predicted octanol–water partition coefficient (Wildman–Crippen LogP) is 2.78. The summed E-state index contributed by atoms with van der Waals surface area (Å²) in [6.45, 7) is 4.58. The Morgan fingerprint density at radius 3 is 2.70 bits per heavy atom. The molecule has 1 aromatic heterocycles. The van der Waals surface area contributed by atoms with Gasteiger partial charge in [0.1, 0.15) is 17.5 Å². The molecule has 0 aliphatic carbocycles. The van der Waals surface area contributed by atoms with E-state index in [0.29, 0.717) is 11.6 Å². The molecule has 0 amide bonds. The molecule has 0 fully saturated rings. The number of nitrogens with two attached hydrogens (primary N) is 1. The maximum Gasteiger partial charge on any atom is 0.148 e. The van der Waals surface area contributed by atoms with Crippen molar-refractivity contribution in [3.63, 3.8) is 0 Å². The molecule has 0 bridgehead atoms. The molecule has 2 aromatic rings. The Labute approximate surface area is 127 Å². The molecule has 106 valence electrons. The Balaban J connectivity index is 2.29. The highest BCUT2D eigenvalue weighted by atomic mass is 79.9. The van der Waals surface area contributed by atoms with E-state index in [-0.39, 0.29) is 0 Å². The Morgan fingerprint density at radius 2 is 2.05 bits per heavy atom. The van der Waals surface area contributed by atoms with E-state index in [9.17, 15) is 0 Å². The molecule has 1 aromatic carbocycles. The summed E-state index contributed by atoms with van der Waals surface area (Å²) in [4.78, 5) is 10.9. The molecule has 0 atom stereocenters. The van der Waals surface area contributed by atoms with Crippen LogP contribution in [0.25, 0.3) is 0 Å². The summed E-state index contributed by atoms with van der Waals surface area (Å²) in [6.07, 6.45) is 0. The number of halogens is 1. The zero-order valence-corrected chi connectivity index (χ0v) is 13.4. The molecule has 0 radical (unpaired) electrons. The van der Waals surface area contributed by atoms with Crippen molar-refractivity contribution in [1.29, 1.82) is 0 Å². The molecule has 3 N–H and O–H groups in total. The summed E-state index contributed by atoms with van der Waals surface area (Å²) in [5.74, 6) is 7.73. The summed E-state index contributed by atoms with van der Waals surface area (Å²) >= 11 is 3.49. The summed E-state index contributed by atoms with van der Waals surface area (Å²) in [5, 5.41) is 0. The van der Waals surface area contributed by atoms with Crippen LogP contribution in [-0.4, -0.2) is 17.0 Å². The highest BCUT2D eigenvalue weighted by Crippen LogP contribution is 2.23. The molecule has 0 unspecified atom stereocenters. The van der Waals surface area contributed by atoms with Crippen molar-refractivity contribution in [2.24, 2.45) is 5.84 Å². The van der Waals surface area contributed by atoms with Crippen molar-refractivity contribution in [2.75, 3.05) is 17.4 Å². The number of aryl methyl sites for hydroxylation is 1. The number of hydrogen-bond donors (Lipinski definition) is 2. The van der Waals surface area contributed by atoms with Crippen LogP contribution in [0.5, 0.6) is 0 Å². The number of hydrazine groups is 1. The van der Waals surface area contributed by atoms with Crippen LogP contribution in [0, 0.1) is 13.8 Å². The van der Waals surface area contributed by atoms with Crippen LogP contribution in [0.15, 0.2) is 28.7 Å². The van der Waals surface area contributed by atoms with Crippen LogP contribution >= 0.6 is 15.9 Å². The van der Waals surface area contributed by atoms with Crippen molar-refractivity contribution in [3.8, 4) is 0 Å². The Morgan fingerprint density at radius 1 is 1.30 bits per heavy atom. The van der Waals surface area contributed by atoms with Gasteiger partial charge in [-0.05, 0) is 31.5 Å². The van der Waals surface area contributed by atoms with Gasteiger partial charge in [-0.25, -0.2) is 15.8 Å². The first-order chi connectivity index (χ1) is 9.51. The first-order valence-corrected chi connectivity index (χ1v) is 7.08. The third-order valence-electron chi connectivity index (χ3n) is 3.04. The standard InChI is InChI=1S/C14H18BrN5/c1-9-13(19-16)17-10(2)18-14(9)20(3)8-11-5-4-6-12(15)7-11/h4-7H,8,16H2,1-3H3,(H,17,18,19). The molecule has 0 aliphatic heterocycles. The van der Waals surface area contributed by atoms with Crippen molar-refractivity contribution >= 4 is 27.6 Å².